The summed E-state index contributed by atoms with van der Waals surface area (Å²) in [7, 11) is 0. The van der Waals surface area contributed by atoms with Gasteiger partial charge >= 0.3 is 0 Å². The topological polar surface area (TPSA) is 42.4 Å². The third kappa shape index (κ3) is 3.78. The molecule has 0 N–H and O–H groups in total. The number of pyridine rings is 1. The number of ketones is 1. The fourth-order valence-electron chi connectivity index (χ4n) is 2.74. The Balaban J connectivity index is 1.66. The molecular formula is C18H20N2O2. The number of aromatic nitrogens is 1. The van der Waals surface area contributed by atoms with Crippen molar-refractivity contribution in [2.45, 2.75) is 19.0 Å². The largest absolute Gasteiger partial charge is 0.378 e. The van der Waals surface area contributed by atoms with Gasteiger partial charge in [-0.25, -0.2) is 0 Å². The molecule has 1 saturated heterocycles. The van der Waals surface area contributed by atoms with Crippen LogP contribution in [0.15, 0.2) is 54.7 Å². The molecule has 4 nitrogen and oxygen atoms in total. The zero-order valence-electron chi connectivity index (χ0n) is 12.5. The molecule has 0 amide bonds. The lowest BCUT2D eigenvalue weighted by Gasteiger charge is -2.35. The molecule has 1 aliphatic heterocycles. The van der Waals surface area contributed by atoms with Gasteiger partial charge in [0.05, 0.1) is 18.9 Å². The molecule has 2 aromatic rings. The van der Waals surface area contributed by atoms with E-state index in [0.29, 0.717) is 19.6 Å². The molecule has 1 fully saturated rings. The number of hydrogen-bond donors (Lipinski definition) is 0. The van der Waals surface area contributed by atoms with E-state index < -0.39 is 0 Å². The summed E-state index contributed by atoms with van der Waals surface area (Å²) in [6.45, 7) is 2.91. The molecule has 3 rings (SSSR count). The van der Waals surface area contributed by atoms with Crippen LogP contribution in [0, 0.1) is 0 Å². The van der Waals surface area contributed by atoms with Crippen LogP contribution in [0.2, 0.25) is 0 Å². The first-order chi connectivity index (χ1) is 10.8. The lowest BCUT2D eigenvalue weighted by Crippen LogP contribution is -2.46. The summed E-state index contributed by atoms with van der Waals surface area (Å²) in [6, 6.07) is 15.5. The Morgan fingerprint density at radius 3 is 2.77 bits per heavy atom. The lowest BCUT2D eigenvalue weighted by molar-refractivity contribution is -0.0131. The molecule has 2 heterocycles. The van der Waals surface area contributed by atoms with E-state index in [1.807, 2.05) is 48.5 Å². The molecular weight excluding hydrogens is 276 g/mol. The molecule has 22 heavy (non-hydrogen) atoms. The predicted octanol–water partition coefficient (Wildman–Crippen LogP) is 2.56. The van der Waals surface area contributed by atoms with Crippen LogP contribution in [0.4, 0.5) is 0 Å². The average molecular weight is 296 g/mol. The zero-order chi connectivity index (χ0) is 15.2. The van der Waals surface area contributed by atoms with Crippen LogP contribution >= 0.6 is 0 Å². The second kappa shape index (κ2) is 7.29. The van der Waals surface area contributed by atoms with E-state index in [4.69, 9.17) is 4.74 Å². The van der Waals surface area contributed by atoms with E-state index in [-0.39, 0.29) is 11.8 Å². The second-order valence-corrected chi connectivity index (χ2v) is 5.51. The van der Waals surface area contributed by atoms with Crippen LogP contribution < -0.4 is 0 Å². The van der Waals surface area contributed by atoms with E-state index in [1.54, 1.807) is 6.20 Å². The first kappa shape index (κ1) is 14.9. The number of benzene rings is 1. The Bertz CT molecular complexity index is 601. The highest BCUT2D eigenvalue weighted by atomic mass is 16.5. The molecule has 0 aliphatic carbocycles. The van der Waals surface area contributed by atoms with Gasteiger partial charge in [0.2, 0.25) is 0 Å². The second-order valence-electron chi connectivity index (χ2n) is 5.51. The number of hydrogen-bond acceptors (Lipinski definition) is 4. The van der Waals surface area contributed by atoms with Crippen molar-refractivity contribution < 1.29 is 9.53 Å². The minimum Gasteiger partial charge on any atom is -0.378 e. The zero-order valence-corrected chi connectivity index (χ0v) is 12.5. The Hall–Kier alpha value is -2.04. The summed E-state index contributed by atoms with van der Waals surface area (Å²) in [6.07, 6.45) is 2.29. The van der Waals surface area contributed by atoms with Gasteiger partial charge in [0, 0.05) is 37.3 Å². The fourth-order valence-corrected chi connectivity index (χ4v) is 2.74. The van der Waals surface area contributed by atoms with Crippen molar-refractivity contribution in [1.82, 2.24) is 9.88 Å². The summed E-state index contributed by atoms with van der Waals surface area (Å²) < 4.78 is 5.57. The predicted molar refractivity (Wildman–Crippen MR) is 84.6 cm³/mol. The van der Waals surface area contributed by atoms with Gasteiger partial charge in [-0.3, -0.25) is 14.7 Å². The summed E-state index contributed by atoms with van der Waals surface area (Å²) in [5, 5.41) is 0. The molecule has 1 aliphatic rings. The lowest BCUT2D eigenvalue weighted by atomic mass is 10.0. The Kier molecular flexibility index (Phi) is 4.93. The number of Topliss-reactive ketones (excluding diaryl/α,β-unsaturated/α-hetero) is 1. The maximum absolute atomic E-state index is 12.4. The number of carbonyl (C=O) groups excluding carboxylic acids is 1. The van der Waals surface area contributed by atoms with E-state index in [1.165, 1.54) is 0 Å². The molecule has 0 radical (unpaired) electrons. The smallest absolute Gasteiger partial charge is 0.164 e. The Morgan fingerprint density at radius 1 is 1.18 bits per heavy atom. The summed E-state index contributed by atoms with van der Waals surface area (Å²) in [5.74, 6) is 0.169. The van der Waals surface area contributed by atoms with Crippen LogP contribution in [0.1, 0.15) is 22.5 Å². The maximum atomic E-state index is 12.4. The van der Waals surface area contributed by atoms with Crippen molar-refractivity contribution >= 4 is 5.78 Å². The van der Waals surface area contributed by atoms with Gasteiger partial charge in [-0.1, -0.05) is 36.4 Å². The van der Waals surface area contributed by atoms with Crippen molar-refractivity contribution in [3.8, 4) is 0 Å². The van der Waals surface area contributed by atoms with Crippen LogP contribution in [0.3, 0.4) is 0 Å². The first-order valence-corrected chi connectivity index (χ1v) is 7.63. The van der Waals surface area contributed by atoms with Gasteiger partial charge in [-0.05, 0) is 12.1 Å². The normalized spacial score (nSPS) is 19.0. The van der Waals surface area contributed by atoms with E-state index in [2.05, 4.69) is 9.88 Å². The molecule has 4 heteroatoms. The van der Waals surface area contributed by atoms with Gasteiger partial charge in [0.15, 0.2) is 5.78 Å². The number of nitrogens with zero attached hydrogens (tertiary/aromatic N) is 2. The molecule has 0 spiro atoms. The maximum Gasteiger partial charge on any atom is 0.164 e. The fraction of sp³-hybridized carbons (Fsp3) is 0.333. The number of ether oxygens (including phenoxy) is 1. The van der Waals surface area contributed by atoms with Crippen LogP contribution in [-0.2, 0) is 11.3 Å². The van der Waals surface area contributed by atoms with Crippen molar-refractivity contribution in [3.63, 3.8) is 0 Å². The Morgan fingerprint density at radius 2 is 2.00 bits per heavy atom. The van der Waals surface area contributed by atoms with Gasteiger partial charge < -0.3 is 4.74 Å². The molecule has 0 saturated carbocycles. The highest BCUT2D eigenvalue weighted by Crippen LogP contribution is 2.16. The number of rotatable bonds is 5. The number of morpholine rings is 1. The molecule has 1 atom stereocenters. The van der Waals surface area contributed by atoms with Crippen molar-refractivity contribution in [2.75, 3.05) is 19.8 Å². The van der Waals surface area contributed by atoms with E-state index in [0.717, 1.165) is 24.3 Å². The molecule has 1 aromatic heterocycles. The van der Waals surface area contributed by atoms with Gasteiger partial charge in [-0.15, -0.1) is 0 Å². The van der Waals surface area contributed by atoms with E-state index in [9.17, 15) is 4.79 Å². The SMILES string of the molecule is O=C(C[C@@H]1COCCN1Cc1ccccn1)c1ccccc1. The molecule has 114 valence electrons. The van der Waals surface area contributed by atoms with Crippen LogP contribution in [-0.4, -0.2) is 41.5 Å². The third-order valence-electron chi connectivity index (χ3n) is 3.96. The monoisotopic (exact) mass is 296 g/mol. The third-order valence-corrected chi connectivity index (χ3v) is 3.96. The molecule has 0 bridgehead atoms. The van der Waals surface area contributed by atoms with Crippen LogP contribution in [0.25, 0.3) is 0 Å². The van der Waals surface area contributed by atoms with Gasteiger partial charge in [-0.2, -0.15) is 0 Å². The average Bonchev–Trinajstić information content (AvgIpc) is 2.58. The summed E-state index contributed by atoms with van der Waals surface area (Å²) in [4.78, 5) is 19.1. The van der Waals surface area contributed by atoms with Crippen molar-refractivity contribution in [2.24, 2.45) is 0 Å². The summed E-state index contributed by atoms with van der Waals surface area (Å²) >= 11 is 0. The first-order valence-electron chi connectivity index (χ1n) is 7.63. The highest BCUT2D eigenvalue weighted by molar-refractivity contribution is 5.96. The van der Waals surface area contributed by atoms with Gasteiger partial charge in [0.25, 0.3) is 0 Å². The molecule has 1 aromatic carbocycles. The Labute approximate surface area is 130 Å². The highest BCUT2D eigenvalue weighted by Gasteiger charge is 2.26. The summed E-state index contributed by atoms with van der Waals surface area (Å²) in [5.41, 5.74) is 1.80. The minimum atomic E-state index is 0.114. The number of carbonyl (C=O) groups is 1. The molecule has 0 unspecified atom stereocenters. The van der Waals surface area contributed by atoms with E-state index >= 15 is 0 Å². The van der Waals surface area contributed by atoms with Gasteiger partial charge in [0.1, 0.15) is 0 Å². The standard InChI is InChI=1S/C18H20N2O2/c21-18(15-6-2-1-3-7-15)12-17-14-22-11-10-20(17)13-16-8-4-5-9-19-16/h1-9,17H,10-14H2/t17-/m1/s1. The van der Waals surface area contributed by atoms with Crippen LogP contribution in [0.5, 0.6) is 0 Å². The minimum absolute atomic E-state index is 0.114. The van der Waals surface area contributed by atoms with Crippen molar-refractivity contribution in [3.05, 3.63) is 66.0 Å². The van der Waals surface area contributed by atoms with Crippen molar-refractivity contribution in [1.29, 1.82) is 0 Å². The quantitative estimate of drug-likeness (QED) is 0.795.